The monoisotopic (exact) mass is 321 g/mol. The molecule has 3 N–H and O–H groups in total. The average Bonchev–Trinajstić information content (AvgIpc) is 3.16. The van der Waals surface area contributed by atoms with Crippen molar-refractivity contribution in [1.82, 2.24) is 20.2 Å². The minimum absolute atomic E-state index is 0.443. The Morgan fingerprint density at radius 3 is 2.70 bits per heavy atom. The zero-order valence-electron chi connectivity index (χ0n) is 11.9. The Balaban J connectivity index is 1.83. The standard InChI is InChI=1S/C16H11N5OS/c17-15(22)13-5-12-14(20-21-16(12)23-13)11-4-10(7-19-8-11)9-2-1-3-18-6-9/h1-8H,(H2,17,22)(H,20,21). The third kappa shape index (κ3) is 2.36. The van der Waals surface area contributed by atoms with Crippen LogP contribution in [0.3, 0.4) is 0 Å². The second kappa shape index (κ2) is 5.29. The summed E-state index contributed by atoms with van der Waals surface area (Å²) in [6.07, 6.45) is 7.07. The Bertz CT molecular complexity index is 1010. The van der Waals surface area contributed by atoms with Gasteiger partial charge in [-0.3, -0.25) is 19.9 Å². The molecule has 0 fully saturated rings. The summed E-state index contributed by atoms with van der Waals surface area (Å²) in [4.78, 5) is 21.0. The molecule has 112 valence electrons. The van der Waals surface area contributed by atoms with Crippen LogP contribution < -0.4 is 5.73 Å². The number of nitrogens with two attached hydrogens (primary N) is 1. The highest BCUT2D eigenvalue weighted by molar-refractivity contribution is 7.20. The third-order valence-electron chi connectivity index (χ3n) is 3.52. The summed E-state index contributed by atoms with van der Waals surface area (Å²) < 4.78 is 0. The van der Waals surface area contributed by atoms with Gasteiger partial charge in [-0.2, -0.15) is 5.10 Å². The normalized spacial score (nSPS) is 11.0. The van der Waals surface area contributed by atoms with E-state index in [-0.39, 0.29) is 0 Å². The first-order valence-corrected chi connectivity index (χ1v) is 7.67. The van der Waals surface area contributed by atoms with Crippen molar-refractivity contribution in [3.05, 3.63) is 53.9 Å². The van der Waals surface area contributed by atoms with Gasteiger partial charge in [0.05, 0.1) is 10.6 Å². The molecule has 4 aromatic heterocycles. The summed E-state index contributed by atoms with van der Waals surface area (Å²) >= 11 is 1.27. The molecule has 7 heteroatoms. The van der Waals surface area contributed by atoms with E-state index in [1.54, 1.807) is 30.9 Å². The van der Waals surface area contributed by atoms with Gasteiger partial charge in [0.2, 0.25) is 0 Å². The number of rotatable bonds is 3. The summed E-state index contributed by atoms with van der Waals surface area (Å²) in [6.45, 7) is 0. The second-order valence-corrected chi connectivity index (χ2v) is 6.03. The van der Waals surface area contributed by atoms with Crippen LogP contribution in [0.2, 0.25) is 0 Å². The summed E-state index contributed by atoms with van der Waals surface area (Å²) in [5.74, 6) is -0.443. The molecule has 0 bridgehead atoms. The quantitative estimate of drug-likeness (QED) is 0.606. The van der Waals surface area contributed by atoms with Crippen LogP contribution in [-0.2, 0) is 0 Å². The number of amides is 1. The maximum absolute atomic E-state index is 11.3. The van der Waals surface area contributed by atoms with Gasteiger partial charge in [0.15, 0.2) is 0 Å². The number of hydrogen-bond acceptors (Lipinski definition) is 5. The van der Waals surface area contributed by atoms with Gasteiger partial charge in [-0.15, -0.1) is 11.3 Å². The molecular formula is C16H11N5OS. The van der Waals surface area contributed by atoms with Crippen LogP contribution in [0.15, 0.2) is 49.1 Å². The van der Waals surface area contributed by atoms with E-state index in [9.17, 15) is 4.79 Å². The smallest absolute Gasteiger partial charge is 0.258 e. The van der Waals surface area contributed by atoms with E-state index in [0.717, 1.165) is 32.6 Å². The molecule has 0 aliphatic carbocycles. The first-order valence-electron chi connectivity index (χ1n) is 6.86. The number of fused-ring (bicyclic) bond motifs is 1. The van der Waals surface area contributed by atoms with Crippen LogP contribution in [0.5, 0.6) is 0 Å². The molecule has 0 atom stereocenters. The average molecular weight is 321 g/mol. The van der Waals surface area contributed by atoms with Crippen molar-refractivity contribution in [3.8, 4) is 22.4 Å². The third-order valence-corrected chi connectivity index (χ3v) is 4.56. The Kier molecular flexibility index (Phi) is 3.13. The number of nitrogens with zero attached hydrogens (tertiary/aromatic N) is 3. The van der Waals surface area contributed by atoms with E-state index in [1.807, 2.05) is 18.2 Å². The highest BCUT2D eigenvalue weighted by Crippen LogP contribution is 2.33. The number of nitrogens with one attached hydrogen (secondary N) is 1. The van der Waals surface area contributed by atoms with E-state index in [0.29, 0.717) is 4.88 Å². The molecule has 1 amide bonds. The molecule has 4 aromatic rings. The van der Waals surface area contributed by atoms with Crippen LogP contribution in [0.25, 0.3) is 32.6 Å². The van der Waals surface area contributed by atoms with Gasteiger partial charge in [0, 0.05) is 46.9 Å². The number of aromatic nitrogens is 4. The van der Waals surface area contributed by atoms with Gasteiger partial charge in [-0.1, -0.05) is 6.07 Å². The highest BCUT2D eigenvalue weighted by atomic mass is 32.1. The number of carbonyl (C=O) groups excluding carboxylic acids is 1. The zero-order chi connectivity index (χ0) is 15.8. The molecule has 4 rings (SSSR count). The largest absolute Gasteiger partial charge is 0.365 e. The van der Waals surface area contributed by atoms with E-state index < -0.39 is 5.91 Å². The van der Waals surface area contributed by atoms with Crippen molar-refractivity contribution in [1.29, 1.82) is 0 Å². The molecule has 23 heavy (non-hydrogen) atoms. The maximum Gasteiger partial charge on any atom is 0.258 e. The minimum Gasteiger partial charge on any atom is -0.365 e. The van der Waals surface area contributed by atoms with Crippen LogP contribution in [0.4, 0.5) is 0 Å². The Morgan fingerprint density at radius 2 is 1.91 bits per heavy atom. The summed E-state index contributed by atoms with van der Waals surface area (Å²) in [6, 6.07) is 7.64. The second-order valence-electron chi connectivity index (χ2n) is 5.00. The SMILES string of the molecule is NC(=O)c1cc2c(-c3cncc(-c4cccnc4)c3)[nH]nc2s1. The molecule has 0 spiro atoms. The predicted molar refractivity (Wildman–Crippen MR) is 89.0 cm³/mol. The fourth-order valence-corrected chi connectivity index (χ4v) is 3.27. The first-order chi connectivity index (χ1) is 11.2. The number of thiophene rings is 1. The summed E-state index contributed by atoms with van der Waals surface area (Å²) in [7, 11) is 0. The van der Waals surface area contributed by atoms with Gasteiger partial charge in [-0.25, -0.2) is 0 Å². The number of aromatic amines is 1. The van der Waals surface area contributed by atoms with Gasteiger partial charge in [0.25, 0.3) is 5.91 Å². The Hall–Kier alpha value is -3.06. The summed E-state index contributed by atoms with van der Waals surface area (Å²) in [5, 5.41) is 8.12. The minimum atomic E-state index is -0.443. The van der Waals surface area contributed by atoms with Gasteiger partial charge >= 0.3 is 0 Å². The van der Waals surface area contributed by atoms with Gasteiger partial charge in [-0.05, 0) is 18.2 Å². The Labute approximate surface area is 135 Å². The lowest BCUT2D eigenvalue weighted by atomic mass is 10.1. The fourth-order valence-electron chi connectivity index (χ4n) is 2.42. The fraction of sp³-hybridized carbons (Fsp3) is 0. The van der Waals surface area contributed by atoms with Crippen molar-refractivity contribution in [2.75, 3.05) is 0 Å². The molecule has 6 nitrogen and oxygen atoms in total. The number of carbonyl (C=O) groups is 1. The molecule has 0 aromatic carbocycles. The van der Waals surface area contributed by atoms with Gasteiger partial charge < -0.3 is 5.73 Å². The van der Waals surface area contributed by atoms with Crippen LogP contribution in [-0.4, -0.2) is 26.1 Å². The topological polar surface area (TPSA) is 97.5 Å². The van der Waals surface area contributed by atoms with Gasteiger partial charge in [0.1, 0.15) is 4.83 Å². The molecule has 4 heterocycles. The van der Waals surface area contributed by atoms with Crippen molar-refractivity contribution < 1.29 is 4.79 Å². The number of H-pyrrole nitrogens is 1. The summed E-state index contributed by atoms with van der Waals surface area (Å²) in [5.41, 5.74) is 9.00. The molecule has 0 saturated carbocycles. The van der Waals surface area contributed by atoms with E-state index in [1.165, 1.54) is 11.3 Å². The van der Waals surface area contributed by atoms with Crippen LogP contribution in [0.1, 0.15) is 9.67 Å². The predicted octanol–water partition coefficient (Wildman–Crippen LogP) is 2.85. The van der Waals surface area contributed by atoms with E-state index in [4.69, 9.17) is 5.73 Å². The lowest BCUT2D eigenvalue weighted by Crippen LogP contribution is -2.08. The van der Waals surface area contributed by atoms with Crippen molar-refractivity contribution >= 4 is 27.5 Å². The molecule has 0 radical (unpaired) electrons. The molecule has 0 aliphatic heterocycles. The Morgan fingerprint density at radius 1 is 1.09 bits per heavy atom. The number of hydrogen-bond donors (Lipinski definition) is 2. The first kappa shape index (κ1) is 13.6. The molecular weight excluding hydrogens is 310 g/mol. The number of primary amides is 1. The molecule has 0 unspecified atom stereocenters. The highest BCUT2D eigenvalue weighted by Gasteiger charge is 2.15. The van der Waals surface area contributed by atoms with Crippen molar-refractivity contribution in [3.63, 3.8) is 0 Å². The van der Waals surface area contributed by atoms with E-state index in [2.05, 4.69) is 20.2 Å². The molecule has 0 aliphatic rings. The van der Waals surface area contributed by atoms with Crippen LogP contribution >= 0.6 is 11.3 Å². The maximum atomic E-state index is 11.3. The zero-order valence-corrected chi connectivity index (χ0v) is 12.7. The van der Waals surface area contributed by atoms with Crippen molar-refractivity contribution in [2.45, 2.75) is 0 Å². The number of pyridine rings is 2. The lowest BCUT2D eigenvalue weighted by molar-refractivity contribution is 0.100. The van der Waals surface area contributed by atoms with Crippen LogP contribution in [0, 0.1) is 0 Å². The lowest BCUT2D eigenvalue weighted by Gasteiger charge is -2.03. The van der Waals surface area contributed by atoms with E-state index >= 15 is 0 Å². The van der Waals surface area contributed by atoms with Crippen molar-refractivity contribution in [2.24, 2.45) is 5.73 Å². The molecule has 0 saturated heterocycles.